The van der Waals surface area contributed by atoms with Gasteiger partial charge in [-0.25, -0.2) is 0 Å². The summed E-state index contributed by atoms with van der Waals surface area (Å²) in [5.41, 5.74) is 7.12. The molecule has 0 aliphatic heterocycles. The Kier molecular flexibility index (Phi) is 8.43. The first-order valence-corrected chi connectivity index (χ1v) is 13.6. The lowest BCUT2D eigenvalue weighted by Gasteiger charge is -2.20. The highest BCUT2D eigenvalue weighted by atomic mass is 31.1. The Morgan fingerprint density at radius 1 is 0.514 bits per heavy atom. The van der Waals surface area contributed by atoms with E-state index in [4.69, 9.17) is 4.74 Å². The monoisotopic (exact) mass is 502 g/mol. The van der Waals surface area contributed by atoms with Crippen LogP contribution in [0.3, 0.4) is 0 Å². The van der Waals surface area contributed by atoms with Crippen LogP contribution in [0.25, 0.3) is 0 Å². The molecule has 0 aliphatic carbocycles. The molecule has 0 fully saturated rings. The SMILES string of the molecule is OCc1ccccc1Pc1cc(Cc2ccccc2)cc(Cc2ccccc2)c1OCc1ccccc1. The lowest BCUT2D eigenvalue weighted by molar-refractivity contribution is 0.283. The van der Waals surface area contributed by atoms with E-state index in [1.807, 2.05) is 36.4 Å². The molecule has 1 unspecified atom stereocenters. The molecular formula is C34H31O2P. The Morgan fingerprint density at radius 2 is 1.08 bits per heavy atom. The van der Waals surface area contributed by atoms with Crippen LogP contribution in [-0.2, 0) is 26.1 Å². The van der Waals surface area contributed by atoms with Crippen molar-refractivity contribution in [1.82, 2.24) is 0 Å². The maximum absolute atomic E-state index is 9.99. The molecule has 1 N–H and O–H groups in total. The van der Waals surface area contributed by atoms with E-state index in [0.29, 0.717) is 15.2 Å². The fourth-order valence-corrected chi connectivity index (χ4v) is 5.95. The summed E-state index contributed by atoms with van der Waals surface area (Å²) >= 11 is 0. The molecule has 0 bridgehead atoms. The molecule has 37 heavy (non-hydrogen) atoms. The minimum atomic E-state index is 0.0317. The minimum absolute atomic E-state index is 0.0317. The van der Waals surface area contributed by atoms with E-state index in [1.54, 1.807) is 0 Å². The molecule has 5 aromatic carbocycles. The van der Waals surface area contributed by atoms with Gasteiger partial charge in [-0.15, -0.1) is 0 Å². The Hall–Kier alpha value is -3.71. The molecule has 0 spiro atoms. The van der Waals surface area contributed by atoms with Gasteiger partial charge in [-0.1, -0.05) is 130 Å². The molecule has 5 rings (SSSR count). The van der Waals surface area contributed by atoms with Gasteiger partial charge in [-0.2, -0.15) is 0 Å². The van der Waals surface area contributed by atoms with Gasteiger partial charge in [0.1, 0.15) is 12.4 Å². The molecule has 0 saturated heterocycles. The summed E-state index contributed by atoms with van der Waals surface area (Å²) in [4.78, 5) is 0. The summed E-state index contributed by atoms with van der Waals surface area (Å²) in [6, 6.07) is 44.3. The number of hydrogen-bond donors (Lipinski definition) is 1. The molecule has 3 heteroatoms. The Balaban J connectivity index is 1.59. The minimum Gasteiger partial charge on any atom is -0.488 e. The number of ether oxygens (including phenoxy) is 1. The first kappa shape index (κ1) is 25.0. The molecule has 0 aromatic heterocycles. The summed E-state index contributed by atoms with van der Waals surface area (Å²) in [7, 11) is 0.378. The van der Waals surface area contributed by atoms with E-state index in [1.165, 1.54) is 27.6 Å². The van der Waals surface area contributed by atoms with Crippen molar-refractivity contribution in [3.05, 3.63) is 161 Å². The second-order valence-corrected chi connectivity index (χ2v) is 10.5. The van der Waals surface area contributed by atoms with Crippen molar-refractivity contribution < 1.29 is 9.84 Å². The smallest absolute Gasteiger partial charge is 0.131 e. The van der Waals surface area contributed by atoms with Crippen LogP contribution >= 0.6 is 8.58 Å². The molecule has 0 radical (unpaired) electrons. The van der Waals surface area contributed by atoms with Gasteiger partial charge in [-0.05, 0) is 51.2 Å². The number of hydrogen-bond acceptors (Lipinski definition) is 2. The zero-order chi connectivity index (χ0) is 25.3. The highest BCUT2D eigenvalue weighted by Crippen LogP contribution is 2.30. The van der Waals surface area contributed by atoms with E-state index in [9.17, 15) is 5.11 Å². The molecule has 5 aromatic rings. The zero-order valence-electron chi connectivity index (χ0n) is 20.8. The van der Waals surface area contributed by atoms with E-state index < -0.39 is 0 Å². The van der Waals surface area contributed by atoms with Gasteiger partial charge in [0.05, 0.1) is 6.61 Å². The summed E-state index contributed by atoms with van der Waals surface area (Å²) in [6.45, 7) is 0.545. The van der Waals surface area contributed by atoms with Crippen molar-refractivity contribution in [2.75, 3.05) is 0 Å². The third-order valence-corrected chi connectivity index (χ3v) is 7.80. The largest absolute Gasteiger partial charge is 0.488 e. The van der Waals surface area contributed by atoms with Gasteiger partial charge in [0.25, 0.3) is 0 Å². The van der Waals surface area contributed by atoms with Crippen molar-refractivity contribution in [3.63, 3.8) is 0 Å². The third kappa shape index (κ3) is 6.74. The van der Waals surface area contributed by atoms with Gasteiger partial charge in [-0.3, -0.25) is 0 Å². The number of aliphatic hydroxyl groups excluding tert-OH is 1. The lowest BCUT2D eigenvalue weighted by atomic mass is 9.98. The van der Waals surface area contributed by atoms with Gasteiger partial charge in [0.2, 0.25) is 0 Å². The molecular weight excluding hydrogens is 471 g/mol. The predicted molar refractivity (Wildman–Crippen MR) is 156 cm³/mol. The van der Waals surface area contributed by atoms with Gasteiger partial charge in [0.15, 0.2) is 0 Å². The molecule has 0 amide bonds. The van der Waals surface area contributed by atoms with Crippen LogP contribution in [0.1, 0.15) is 33.4 Å². The predicted octanol–water partition coefficient (Wildman–Crippen LogP) is 6.57. The first-order valence-electron chi connectivity index (χ1n) is 12.6. The van der Waals surface area contributed by atoms with Crippen LogP contribution in [-0.4, -0.2) is 5.11 Å². The van der Waals surface area contributed by atoms with E-state index in [2.05, 4.69) is 91.0 Å². The fraction of sp³-hybridized carbons (Fsp3) is 0.118. The fourth-order valence-electron chi connectivity index (χ4n) is 4.55. The van der Waals surface area contributed by atoms with Crippen LogP contribution in [0.15, 0.2) is 127 Å². The number of rotatable bonds is 10. The second kappa shape index (κ2) is 12.5. The Morgan fingerprint density at radius 3 is 1.73 bits per heavy atom. The lowest BCUT2D eigenvalue weighted by Crippen LogP contribution is -2.15. The van der Waals surface area contributed by atoms with Crippen molar-refractivity contribution in [2.45, 2.75) is 26.1 Å². The number of aliphatic hydroxyl groups is 1. The topological polar surface area (TPSA) is 29.5 Å². The van der Waals surface area contributed by atoms with E-state index in [0.717, 1.165) is 35.0 Å². The molecule has 0 heterocycles. The van der Waals surface area contributed by atoms with E-state index in [-0.39, 0.29) is 6.61 Å². The van der Waals surface area contributed by atoms with E-state index >= 15 is 0 Å². The average Bonchev–Trinajstić information content (AvgIpc) is 2.95. The maximum Gasteiger partial charge on any atom is 0.131 e. The van der Waals surface area contributed by atoms with Crippen molar-refractivity contribution in [1.29, 1.82) is 0 Å². The standard InChI is InChI=1S/C34H31O2P/c35-24-30-18-10-11-19-32(30)37-33-23-29(20-26-12-4-1-5-13-26)22-31(21-27-14-6-2-7-15-27)34(33)36-25-28-16-8-3-9-17-28/h1-19,22-23,35,37H,20-21,24-25H2. The normalized spacial score (nSPS) is 11.2. The Labute approximate surface area is 221 Å². The van der Waals surface area contributed by atoms with Crippen molar-refractivity contribution in [3.8, 4) is 5.75 Å². The number of benzene rings is 5. The summed E-state index contributed by atoms with van der Waals surface area (Å²) in [6.07, 6.45) is 1.66. The quantitative estimate of drug-likeness (QED) is 0.219. The summed E-state index contributed by atoms with van der Waals surface area (Å²) < 4.78 is 6.62. The van der Waals surface area contributed by atoms with Crippen LogP contribution < -0.4 is 15.3 Å². The zero-order valence-corrected chi connectivity index (χ0v) is 21.8. The highest BCUT2D eigenvalue weighted by Gasteiger charge is 2.16. The van der Waals surface area contributed by atoms with Crippen LogP contribution in [0.5, 0.6) is 5.75 Å². The summed E-state index contributed by atoms with van der Waals surface area (Å²) in [5.74, 6) is 0.954. The van der Waals surface area contributed by atoms with Gasteiger partial charge in [0, 0.05) is 11.7 Å². The first-order chi connectivity index (χ1) is 18.3. The molecule has 1 atom stereocenters. The molecule has 0 aliphatic rings. The molecule has 2 nitrogen and oxygen atoms in total. The van der Waals surface area contributed by atoms with Crippen LogP contribution in [0.2, 0.25) is 0 Å². The average molecular weight is 503 g/mol. The van der Waals surface area contributed by atoms with Gasteiger partial charge >= 0.3 is 0 Å². The highest BCUT2D eigenvalue weighted by molar-refractivity contribution is 7.55. The van der Waals surface area contributed by atoms with Crippen LogP contribution in [0, 0.1) is 0 Å². The van der Waals surface area contributed by atoms with Crippen LogP contribution in [0.4, 0.5) is 0 Å². The third-order valence-electron chi connectivity index (χ3n) is 6.40. The Bertz CT molecular complexity index is 1420. The maximum atomic E-state index is 9.99. The molecule has 0 saturated carbocycles. The van der Waals surface area contributed by atoms with Crippen molar-refractivity contribution in [2.24, 2.45) is 0 Å². The second-order valence-electron chi connectivity index (χ2n) is 9.17. The van der Waals surface area contributed by atoms with Crippen molar-refractivity contribution >= 4 is 19.2 Å². The van der Waals surface area contributed by atoms with Gasteiger partial charge < -0.3 is 9.84 Å². The molecule has 184 valence electrons. The summed E-state index contributed by atoms with van der Waals surface area (Å²) in [5, 5.41) is 12.3.